The molecule has 2 amide bonds. The van der Waals surface area contributed by atoms with Gasteiger partial charge in [-0.1, -0.05) is 0 Å². The zero-order valence-electron chi connectivity index (χ0n) is 8.69. The van der Waals surface area contributed by atoms with Gasteiger partial charge in [0.1, 0.15) is 0 Å². The highest BCUT2D eigenvalue weighted by Crippen LogP contribution is 1.96. The standard InChI is InChI=1S/C10H15N3O2/c1-9(14)11-12-10(15)5-4-8-13-6-2-3-7-13/h2-3,6-7H,4-5,8H2,1H3,(H,11,14)(H,12,15). The lowest BCUT2D eigenvalue weighted by Gasteiger charge is -2.05. The Labute approximate surface area is 88.4 Å². The lowest BCUT2D eigenvalue weighted by molar-refractivity contribution is -0.127. The number of carbonyl (C=O) groups excluding carboxylic acids is 2. The molecule has 0 radical (unpaired) electrons. The summed E-state index contributed by atoms with van der Waals surface area (Å²) in [5.41, 5.74) is 4.56. The summed E-state index contributed by atoms with van der Waals surface area (Å²) in [6.07, 6.45) is 5.05. The molecular formula is C10H15N3O2. The van der Waals surface area contributed by atoms with Crippen molar-refractivity contribution in [3.05, 3.63) is 24.5 Å². The summed E-state index contributed by atoms with van der Waals surface area (Å²) < 4.78 is 2.01. The van der Waals surface area contributed by atoms with E-state index in [4.69, 9.17) is 0 Å². The zero-order valence-corrected chi connectivity index (χ0v) is 8.69. The van der Waals surface area contributed by atoms with Gasteiger partial charge in [0.15, 0.2) is 0 Å². The second-order valence-corrected chi connectivity index (χ2v) is 3.25. The molecule has 1 heterocycles. The van der Waals surface area contributed by atoms with Crippen LogP contribution >= 0.6 is 0 Å². The first-order valence-corrected chi connectivity index (χ1v) is 4.84. The molecule has 2 N–H and O–H groups in total. The minimum Gasteiger partial charge on any atom is -0.354 e. The van der Waals surface area contributed by atoms with Crippen molar-refractivity contribution in [3.8, 4) is 0 Å². The van der Waals surface area contributed by atoms with Crippen molar-refractivity contribution in [2.45, 2.75) is 26.3 Å². The van der Waals surface area contributed by atoms with Gasteiger partial charge in [-0.25, -0.2) is 0 Å². The van der Waals surface area contributed by atoms with Crippen molar-refractivity contribution in [1.82, 2.24) is 15.4 Å². The molecule has 0 saturated heterocycles. The third-order valence-corrected chi connectivity index (χ3v) is 1.86. The third-order valence-electron chi connectivity index (χ3n) is 1.86. The highest BCUT2D eigenvalue weighted by molar-refractivity contribution is 5.80. The van der Waals surface area contributed by atoms with Crippen molar-refractivity contribution in [2.75, 3.05) is 0 Å². The molecule has 0 aliphatic rings. The Bertz CT molecular complexity index is 319. The summed E-state index contributed by atoms with van der Waals surface area (Å²) in [6, 6.07) is 3.88. The van der Waals surface area contributed by atoms with E-state index in [1.807, 2.05) is 29.1 Å². The van der Waals surface area contributed by atoms with Crippen molar-refractivity contribution in [2.24, 2.45) is 0 Å². The molecule has 5 heteroatoms. The van der Waals surface area contributed by atoms with Gasteiger partial charge in [0.05, 0.1) is 0 Å². The van der Waals surface area contributed by atoms with E-state index in [2.05, 4.69) is 10.9 Å². The maximum Gasteiger partial charge on any atom is 0.238 e. The van der Waals surface area contributed by atoms with Crippen LogP contribution in [0.3, 0.4) is 0 Å². The van der Waals surface area contributed by atoms with E-state index < -0.39 is 0 Å². The normalized spacial score (nSPS) is 9.67. The van der Waals surface area contributed by atoms with Crippen molar-refractivity contribution >= 4 is 11.8 Å². The van der Waals surface area contributed by atoms with Crippen LogP contribution in [-0.2, 0) is 16.1 Å². The minimum atomic E-state index is -0.270. The summed E-state index contributed by atoms with van der Waals surface area (Å²) in [6.45, 7) is 2.15. The average Bonchev–Trinajstić information content (AvgIpc) is 2.67. The van der Waals surface area contributed by atoms with Crippen LogP contribution in [-0.4, -0.2) is 16.4 Å². The fraction of sp³-hybridized carbons (Fsp3) is 0.400. The van der Waals surface area contributed by atoms with Gasteiger partial charge >= 0.3 is 0 Å². The molecule has 15 heavy (non-hydrogen) atoms. The highest BCUT2D eigenvalue weighted by Gasteiger charge is 2.00. The number of aromatic nitrogens is 1. The van der Waals surface area contributed by atoms with E-state index in [-0.39, 0.29) is 11.8 Å². The van der Waals surface area contributed by atoms with Crippen LogP contribution in [0, 0.1) is 0 Å². The van der Waals surface area contributed by atoms with E-state index in [1.165, 1.54) is 6.92 Å². The Hall–Kier alpha value is -1.78. The molecule has 1 rings (SSSR count). The van der Waals surface area contributed by atoms with E-state index in [1.54, 1.807) is 0 Å². The molecular weight excluding hydrogens is 194 g/mol. The molecule has 0 fully saturated rings. The van der Waals surface area contributed by atoms with Gasteiger partial charge in [-0.3, -0.25) is 20.4 Å². The van der Waals surface area contributed by atoms with Gasteiger partial charge in [0, 0.05) is 32.3 Å². The van der Waals surface area contributed by atoms with Crippen LogP contribution in [0.2, 0.25) is 0 Å². The van der Waals surface area contributed by atoms with Gasteiger partial charge in [-0.05, 0) is 18.6 Å². The van der Waals surface area contributed by atoms with Gasteiger partial charge in [0.25, 0.3) is 0 Å². The summed E-state index contributed by atoms with van der Waals surface area (Å²) in [5.74, 6) is -0.439. The molecule has 1 aromatic heterocycles. The van der Waals surface area contributed by atoms with Gasteiger partial charge in [0.2, 0.25) is 11.8 Å². The van der Waals surface area contributed by atoms with Gasteiger partial charge in [-0.2, -0.15) is 0 Å². The summed E-state index contributed by atoms with van der Waals surface area (Å²) in [5, 5.41) is 0. The van der Waals surface area contributed by atoms with E-state index in [0.29, 0.717) is 6.42 Å². The number of hydrazine groups is 1. The number of aryl methyl sites for hydroxylation is 1. The summed E-state index contributed by atoms with van der Waals surface area (Å²) >= 11 is 0. The predicted octanol–water partition coefficient (Wildman–Crippen LogP) is 0.436. The number of nitrogens with one attached hydrogen (secondary N) is 2. The maximum atomic E-state index is 11.1. The highest BCUT2D eigenvalue weighted by atomic mass is 16.2. The van der Waals surface area contributed by atoms with Crippen molar-refractivity contribution in [1.29, 1.82) is 0 Å². The van der Waals surface area contributed by atoms with Crippen LogP contribution in [0.1, 0.15) is 19.8 Å². The third kappa shape index (κ3) is 4.85. The number of hydrogen-bond donors (Lipinski definition) is 2. The quantitative estimate of drug-likeness (QED) is 0.706. The molecule has 0 aromatic carbocycles. The minimum absolute atomic E-state index is 0.169. The van der Waals surface area contributed by atoms with Gasteiger partial charge < -0.3 is 4.57 Å². The maximum absolute atomic E-state index is 11.1. The number of amides is 2. The molecule has 0 unspecified atom stereocenters. The molecule has 1 aromatic rings. The first kappa shape index (κ1) is 11.3. The predicted molar refractivity (Wildman–Crippen MR) is 55.6 cm³/mol. The van der Waals surface area contributed by atoms with Crippen molar-refractivity contribution < 1.29 is 9.59 Å². The molecule has 0 saturated carbocycles. The van der Waals surface area contributed by atoms with E-state index >= 15 is 0 Å². The largest absolute Gasteiger partial charge is 0.354 e. The van der Waals surface area contributed by atoms with E-state index in [9.17, 15) is 9.59 Å². The second-order valence-electron chi connectivity index (χ2n) is 3.25. The summed E-state index contributed by atoms with van der Waals surface area (Å²) in [4.78, 5) is 21.6. The number of nitrogens with zero attached hydrogens (tertiary/aromatic N) is 1. The first-order valence-electron chi connectivity index (χ1n) is 4.84. The molecule has 82 valence electrons. The van der Waals surface area contributed by atoms with Crippen LogP contribution in [0.15, 0.2) is 24.5 Å². The van der Waals surface area contributed by atoms with Crippen molar-refractivity contribution in [3.63, 3.8) is 0 Å². The Kier molecular flexibility index (Phi) is 4.40. The average molecular weight is 209 g/mol. The molecule has 0 aliphatic carbocycles. The first-order chi connectivity index (χ1) is 7.18. The Morgan fingerprint density at radius 1 is 1.20 bits per heavy atom. The van der Waals surface area contributed by atoms with Crippen LogP contribution < -0.4 is 10.9 Å². The topological polar surface area (TPSA) is 63.1 Å². The van der Waals surface area contributed by atoms with Crippen LogP contribution in [0.4, 0.5) is 0 Å². The fourth-order valence-electron chi connectivity index (χ4n) is 1.16. The SMILES string of the molecule is CC(=O)NNC(=O)CCCn1cccc1. The zero-order chi connectivity index (χ0) is 11.1. The molecule has 0 aliphatic heterocycles. The number of rotatable bonds is 4. The lowest BCUT2D eigenvalue weighted by atomic mass is 10.3. The molecule has 0 spiro atoms. The Morgan fingerprint density at radius 2 is 1.87 bits per heavy atom. The molecule has 0 bridgehead atoms. The Morgan fingerprint density at radius 3 is 2.47 bits per heavy atom. The Balaban J connectivity index is 2.09. The van der Waals surface area contributed by atoms with E-state index in [0.717, 1.165) is 13.0 Å². The fourth-order valence-corrected chi connectivity index (χ4v) is 1.16. The van der Waals surface area contributed by atoms with Crippen LogP contribution in [0.25, 0.3) is 0 Å². The lowest BCUT2D eigenvalue weighted by Crippen LogP contribution is -2.40. The molecule has 0 atom stereocenters. The molecule has 5 nitrogen and oxygen atoms in total. The van der Waals surface area contributed by atoms with Crippen LogP contribution in [0.5, 0.6) is 0 Å². The number of hydrogen-bond acceptors (Lipinski definition) is 2. The monoisotopic (exact) mass is 209 g/mol. The summed E-state index contributed by atoms with van der Waals surface area (Å²) in [7, 11) is 0. The number of carbonyl (C=O) groups is 2. The smallest absolute Gasteiger partial charge is 0.238 e. The van der Waals surface area contributed by atoms with Gasteiger partial charge in [-0.15, -0.1) is 0 Å². The second kappa shape index (κ2) is 5.85.